The van der Waals surface area contributed by atoms with Gasteiger partial charge in [0.2, 0.25) is 5.91 Å². The van der Waals surface area contributed by atoms with Crippen LogP contribution in [-0.4, -0.2) is 163 Å². The molecule has 11 nitrogen and oxygen atoms in total. The molecule has 0 aromatic heterocycles. The smallest absolute Gasteiger partial charge is 0.331 e. The SMILES string of the molecule is CCCCN(C)CCCCN(C)CCCNOCCCSSCCC(=O)NCCCN(C)CCC(CN(C)CCCC)OCC(=O)OC. The zero-order chi connectivity index (χ0) is 35.7. The van der Waals surface area contributed by atoms with Crippen LogP contribution in [0, 0.1) is 0 Å². The molecule has 0 bridgehead atoms. The molecule has 0 radical (unpaired) electrons. The van der Waals surface area contributed by atoms with Crippen molar-refractivity contribution in [3.63, 3.8) is 0 Å². The summed E-state index contributed by atoms with van der Waals surface area (Å²) in [5.74, 6) is 1.60. The van der Waals surface area contributed by atoms with Crippen LogP contribution in [0.25, 0.3) is 0 Å². The number of carbonyl (C=O) groups excluding carboxylic acids is 2. The number of ether oxygens (including phenoxy) is 2. The lowest BCUT2D eigenvalue weighted by Crippen LogP contribution is -2.36. The van der Waals surface area contributed by atoms with Crippen molar-refractivity contribution in [3.8, 4) is 0 Å². The molecule has 48 heavy (non-hydrogen) atoms. The van der Waals surface area contributed by atoms with Crippen molar-refractivity contribution < 1.29 is 23.9 Å². The third-order valence-electron chi connectivity index (χ3n) is 8.06. The Morgan fingerprint density at radius 3 is 1.90 bits per heavy atom. The number of unbranched alkanes of at least 4 members (excludes halogenated alkanes) is 3. The summed E-state index contributed by atoms with van der Waals surface area (Å²) < 4.78 is 10.6. The van der Waals surface area contributed by atoms with Crippen LogP contribution in [0.2, 0.25) is 0 Å². The van der Waals surface area contributed by atoms with Crippen LogP contribution in [-0.2, 0) is 23.9 Å². The molecule has 0 heterocycles. The molecule has 0 rings (SSSR count). The first-order valence-electron chi connectivity index (χ1n) is 18.5. The molecule has 0 aromatic carbocycles. The first-order valence-corrected chi connectivity index (χ1v) is 21.0. The van der Waals surface area contributed by atoms with Gasteiger partial charge in [-0.1, -0.05) is 48.3 Å². The van der Waals surface area contributed by atoms with Crippen molar-refractivity contribution in [2.45, 2.75) is 90.6 Å². The molecule has 0 spiro atoms. The van der Waals surface area contributed by atoms with E-state index in [9.17, 15) is 9.59 Å². The molecule has 0 aliphatic rings. The van der Waals surface area contributed by atoms with Gasteiger partial charge in [0.25, 0.3) is 0 Å². The fraction of sp³-hybridized carbons (Fsp3) is 0.943. The Morgan fingerprint density at radius 1 is 0.688 bits per heavy atom. The number of nitrogens with zero attached hydrogens (tertiary/aromatic N) is 4. The normalized spacial score (nSPS) is 12.5. The number of hydrogen-bond acceptors (Lipinski definition) is 12. The van der Waals surface area contributed by atoms with Gasteiger partial charge in [-0.05, 0) is 119 Å². The zero-order valence-corrected chi connectivity index (χ0v) is 33.5. The summed E-state index contributed by atoms with van der Waals surface area (Å²) in [5, 5.41) is 3.05. The van der Waals surface area contributed by atoms with Crippen LogP contribution in [0.15, 0.2) is 0 Å². The summed E-state index contributed by atoms with van der Waals surface area (Å²) in [5.41, 5.74) is 3.10. The quantitative estimate of drug-likeness (QED) is 0.0409. The molecule has 2 N–H and O–H groups in total. The maximum Gasteiger partial charge on any atom is 0.331 e. The number of methoxy groups -OCH3 is 1. The van der Waals surface area contributed by atoms with Crippen molar-refractivity contribution in [3.05, 3.63) is 0 Å². The number of carbonyl (C=O) groups is 2. The molecule has 1 atom stereocenters. The lowest BCUT2D eigenvalue weighted by molar-refractivity contribution is -0.148. The number of hydrogen-bond donors (Lipinski definition) is 2. The van der Waals surface area contributed by atoms with Crippen LogP contribution in [0.1, 0.15) is 84.5 Å². The molecular formula is C35H74N6O5S2. The highest BCUT2D eigenvalue weighted by Gasteiger charge is 2.15. The minimum Gasteiger partial charge on any atom is -0.467 e. The predicted molar refractivity (Wildman–Crippen MR) is 206 cm³/mol. The van der Waals surface area contributed by atoms with Crippen molar-refractivity contribution in [2.75, 3.05) is 125 Å². The minimum absolute atomic E-state index is 0.0160. The first kappa shape index (κ1) is 47.4. The molecule has 0 aromatic rings. The van der Waals surface area contributed by atoms with Gasteiger partial charge in [0, 0.05) is 44.1 Å². The molecular weight excluding hydrogens is 649 g/mol. The van der Waals surface area contributed by atoms with E-state index in [1.54, 1.807) is 10.8 Å². The van der Waals surface area contributed by atoms with E-state index in [1.165, 1.54) is 45.9 Å². The maximum absolute atomic E-state index is 12.2. The van der Waals surface area contributed by atoms with Crippen LogP contribution in [0.5, 0.6) is 0 Å². The molecule has 0 aliphatic heterocycles. The summed E-state index contributed by atoms with van der Waals surface area (Å²) >= 11 is 0. The van der Waals surface area contributed by atoms with Gasteiger partial charge in [0.15, 0.2) is 0 Å². The second-order valence-corrected chi connectivity index (χ2v) is 15.6. The van der Waals surface area contributed by atoms with Gasteiger partial charge in [-0.15, -0.1) is 0 Å². The minimum atomic E-state index is -0.345. The van der Waals surface area contributed by atoms with E-state index < -0.39 is 0 Å². The molecule has 0 saturated carbocycles. The second kappa shape index (κ2) is 34.8. The van der Waals surface area contributed by atoms with Crippen LogP contribution in [0.3, 0.4) is 0 Å². The highest BCUT2D eigenvalue weighted by molar-refractivity contribution is 8.76. The Balaban J connectivity index is 3.69. The molecule has 0 saturated heterocycles. The van der Waals surface area contributed by atoms with Crippen LogP contribution < -0.4 is 10.8 Å². The maximum atomic E-state index is 12.2. The van der Waals surface area contributed by atoms with Gasteiger partial charge in [0.05, 0.1) is 19.8 Å². The Hall–Kier alpha value is -0.640. The molecule has 1 unspecified atom stereocenters. The average Bonchev–Trinajstić information content (AvgIpc) is 3.08. The van der Waals surface area contributed by atoms with E-state index in [1.807, 2.05) is 10.8 Å². The Labute approximate surface area is 303 Å². The third kappa shape index (κ3) is 32.6. The summed E-state index contributed by atoms with van der Waals surface area (Å²) in [6, 6.07) is 0. The van der Waals surface area contributed by atoms with E-state index in [0.29, 0.717) is 19.6 Å². The van der Waals surface area contributed by atoms with Gasteiger partial charge in [-0.2, -0.15) is 0 Å². The van der Waals surface area contributed by atoms with Crippen molar-refractivity contribution in [2.24, 2.45) is 0 Å². The highest BCUT2D eigenvalue weighted by atomic mass is 33.1. The summed E-state index contributed by atoms with van der Waals surface area (Å²) in [6.45, 7) is 14.9. The molecule has 0 aliphatic carbocycles. The number of amides is 1. The van der Waals surface area contributed by atoms with Gasteiger partial charge in [-0.3, -0.25) is 4.79 Å². The molecule has 1 amide bonds. The number of likely N-dealkylation sites (N-methyl/N-ethyl adjacent to an activating group) is 1. The first-order chi connectivity index (χ1) is 23.2. The zero-order valence-electron chi connectivity index (χ0n) is 31.9. The van der Waals surface area contributed by atoms with E-state index >= 15 is 0 Å². The summed E-state index contributed by atoms with van der Waals surface area (Å²) in [4.78, 5) is 38.8. The van der Waals surface area contributed by atoms with Crippen molar-refractivity contribution in [1.82, 2.24) is 30.4 Å². The van der Waals surface area contributed by atoms with Crippen molar-refractivity contribution >= 4 is 33.5 Å². The van der Waals surface area contributed by atoms with E-state index in [-0.39, 0.29) is 24.6 Å². The number of esters is 1. The number of nitrogens with one attached hydrogen (secondary N) is 2. The Morgan fingerprint density at radius 2 is 1.25 bits per heavy atom. The monoisotopic (exact) mass is 723 g/mol. The lowest BCUT2D eigenvalue weighted by atomic mass is 10.2. The molecule has 286 valence electrons. The summed E-state index contributed by atoms with van der Waals surface area (Å²) in [7, 11) is 13.6. The molecule has 0 fully saturated rings. The predicted octanol–water partition coefficient (Wildman–Crippen LogP) is 4.62. The lowest BCUT2D eigenvalue weighted by Gasteiger charge is -2.26. The molecule has 13 heteroatoms. The topological polar surface area (TPSA) is 98.9 Å². The van der Waals surface area contributed by atoms with E-state index in [4.69, 9.17) is 14.3 Å². The van der Waals surface area contributed by atoms with Crippen molar-refractivity contribution in [1.29, 1.82) is 0 Å². The van der Waals surface area contributed by atoms with E-state index in [2.05, 4.69) is 72.4 Å². The second-order valence-electron chi connectivity index (χ2n) is 12.9. The average molecular weight is 723 g/mol. The van der Waals surface area contributed by atoms with Gasteiger partial charge < -0.3 is 39.2 Å². The summed E-state index contributed by atoms with van der Waals surface area (Å²) in [6.07, 6.45) is 11.7. The van der Waals surface area contributed by atoms with Crippen LogP contribution in [0.4, 0.5) is 0 Å². The van der Waals surface area contributed by atoms with Gasteiger partial charge in [-0.25, -0.2) is 10.3 Å². The largest absolute Gasteiger partial charge is 0.467 e. The van der Waals surface area contributed by atoms with E-state index in [0.717, 1.165) is 95.8 Å². The van der Waals surface area contributed by atoms with Gasteiger partial charge in [0.1, 0.15) is 6.61 Å². The van der Waals surface area contributed by atoms with Crippen LogP contribution >= 0.6 is 21.6 Å². The third-order valence-corrected chi connectivity index (χ3v) is 10.6. The Bertz CT molecular complexity index is 746. The number of hydroxylamine groups is 1. The van der Waals surface area contributed by atoms with Gasteiger partial charge >= 0.3 is 5.97 Å². The fourth-order valence-electron chi connectivity index (χ4n) is 4.90. The standard InChI is InChI=1S/C35H74N6O5S2/c1-8-10-21-38(3)23-12-13-24-39(4)26-15-20-37-46-28-16-29-47-48-30-18-34(42)36-19-14-25-40(5)27-17-33(45-32-35(43)44-7)31-41(6)22-11-9-2/h33,37H,8-32H2,1-7H3,(H,36,42). The fourth-order valence-corrected chi connectivity index (χ4v) is 6.95. The Kier molecular flexibility index (Phi) is 34.3. The highest BCUT2D eigenvalue weighted by Crippen LogP contribution is 2.22. The number of rotatable bonds is 36.